The Kier molecular flexibility index (Phi) is 6.90. The monoisotopic (exact) mass is 333 g/mol. The molecule has 1 aliphatic rings. The van der Waals surface area contributed by atoms with E-state index >= 15 is 0 Å². The Morgan fingerprint density at radius 3 is 2.71 bits per heavy atom. The van der Waals surface area contributed by atoms with E-state index in [0.717, 1.165) is 30.6 Å². The number of nitrogens with one attached hydrogen (secondary N) is 2. The minimum absolute atomic E-state index is 0.113. The van der Waals surface area contributed by atoms with E-state index in [9.17, 15) is 9.59 Å². The summed E-state index contributed by atoms with van der Waals surface area (Å²) < 4.78 is 5.19. The maximum absolute atomic E-state index is 12.4. The van der Waals surface area contributed by atoms with Gasteiger partial charge in [0.05, 0.1) is 13.5 Å². The van der Waals surface area contributed by atoms with E-state index in [1.54, 1.807) is 7.11 Å². The van der Waals surface area contributed by atoms with Gasteiger partial charge in [0.2, 0.25) is 5.91 Å². The maximum atomic E-state index is 12.4. The van der Waals surface area contributed by atoms with Crippen LogP contribution >= 0.6 is 0 Å². The summed E-state index contributed by atoms with van der Waals surface area (Å²) in [5.41, 5.74) is 0.957. The fraction of sp³-hybridized carbons (Fsp3) is 0.556. The lowest BCUT2D eigenvalue weighted by atomic mass is 10.0. The number of carbonyl (C=O) groups is 2. The number of rotatable bonds is 6. The molecule has 132 valence electrons. The average molecular weight is 333 g/mol. The van der Waals surface area contributed by atoms with Crippen molar-refractivity contribution in [3.8, 4) is 5.75 Å². The van der Waals surface area contributed by atoms with Gasteiger partial charge in [0.25, 0.3) is 0 Å². The number of methoxy groups -OCH3 is 1. The van der Waals surface area contributed by atoms with Gasteiger partial charge < -0.3 is 20.3 Å². The summed E-state index contributed by atoms with van der Waals surface area (Å²) in [5, 5.41) is 5.79. The Balaban J connectivity index is 1.77. The summed E-state index contributed by atoms with van der Waals surface area (Å²) in [5.74, 6) is 0.887. The molecule has 3 amide bonds. The first-order valence-corrected chi connectivity index (χ1v) is 8.57. The highest BCUT2D eigenvalue weighted by atomic mass is 16.5. The molecule has 1 heterocycles. The van der Waals surface area contributed by atoms with Gasteiger partial charge in [-0.3, -0.25) is 4.79 Å². The smallest absolute Gasteiger partial charge is 0.315 e. The largest absolute Gasteiger partial charge is 0.497 e. The second kappa shape index (κ2) is 9.15. The second-order valence-electron chi connectivity index (χ2n) is 6.08. The first-order chi connectivity index (χ1) is 11.6. The number of hydrogen-bond donors (Lipinski definition) is 2. The van der Waals surface area contributed by atoms with Crippen molar-refractivity contribution in [2.75, 3.05) is 26.7 Å². The molecular formula is C18H27N3O3. The number of urea groups is 1. The Hall–Kier alpha value is -2.24. The lowest BCUT2D eigenvalue weighted by molar-refractivity contribution is -0.131. The predicted molar refractivity (Wildman–Crippen MR) is 93.1 cm³/mol. The van der Waals surface area contributed by atoms with Crippen LogP contribution in [0.2, 0.25) is 0 Å². The van der Waals surface area contributed by atoms with Crippen LogP contribution in [0, 0.1) is 0 Å². The molecule has 1 aromatic carbocycles. The zero-order chi connectivity index (χ0) is 17.4. The molecule has 1 aliphatic heterocycles. The maximum Gasteiger partial charge on any atom is 0.315 e. The van der Waals surface area contributed by atoms with Gasteiger partial charge in [-0.25, -0.2) is 4.79 Å². The number of piperidine rings is 1. The van der Waals surface area contributed by atoms with E-state index in [1.807, 2.05) is 36.1 Å². The third-order valence-electron chi connectivity index (χ3n) is 4.21. The first kappa shape index (κ1) is 18.1. The Morgan fingerprint density at radius 2 is 2.04 bits per heavy atom. The molecule has 0 radical (unpaired) electrons. The van der Waals surface area contributed by atoms with Crippen LogP contribution in [0.25, 0.3) is 0 Å². The van der Waals surface area contributed by atoms with E-state index in [-0.39, 0.29) is 18.0 Å². The Bertz CT molecular complexity index is 554. The van der Waals surface area contributed by atoms with Crippen molar-refractivity contribution < 1.29 is 14.3 Å². The lowest BCUT2D eigenvalue weighted by Gasteiger charge is -2.32. The molecule has 6 heteroatoms. The summed E-state index contributed by atoms with van der Waals surface area (Å²) in [4.78, 5) is 26.0. The first-order valence-electron chi connectivity index (χ1n) is 8.57. The highest BCUT2D eigenvalue weighted by Crippen LogP contribution is 2.16. The van der Waals surface area contributed by atoms with Crippen LogP contribution in [-0.2, 0) is 11.2 Å². The van der Waals surface area contributed by atoms with Gasteiger partial charge in [0.15, 0.2) is 0 Å². The summed E-state index contributed by atoms with van der Waals surface area (Å²) in [7, 11) is 1.62. The Morgan fingerprint density at radius 1 is 1.29 bits per heavy atom. The van der Waals surface area contributed by atoms with Gasteiger partial charge in [-0.05, 0) is 37.0 Å². The fourth-order valence-electron chi connectivity index (χ4n) is 2.82. The van der Waals surface area contributed by atoms with Gasteiger partial charge in [0, 0.05) is 25.7 Å². The number of benzene rings is 1. The molecule has 0 aliphatic carbocycles. The average Bonchev–Trinajstić information content (AvgIpc) is 2.60. The van der Waals surface area contributed by atoms with Gasteiger partial charge in [-0.1, -0.05) is 19.1 Å². The zero-order valence-corrected chi connectivity index (χ0v) is 14.5. The molecule has 2 N–H and O–H groups in total. The van der Waals surface area contributed by atoms with Crippen molar-refractivity contribution in [3.63, 3.8) is 0 Å². The molecule has 0 unspecified atom stereocenters. The molecule has 0 aromatic heterocycles. The van der Waals surface area contributed by atoms with Crippen molar-refractivity contribution in [3.05, 3.63) is 29.8 Å². The standard InChI is InChI=1S/C18H27N3O3/c1-3-9-19-18(23)20-15-7-10-21(11-8-15)17(22)13-14-5-4-6-16(12-14)24-2/h4-6,12,15H,3,7-11,13H2,1-2H3,(H2,19,20,23). The molecule has 0 bridgehead atoms. The quantitative estimate of drug-likeness (QED) is 0.836. The molecule has 1 fully saturated rings. The normalized spacial score (nSPS) is 15.0. The minimum atomic E-state index is -0.113. The highest BCUT2D eigenvalue weighted by Gasteiger charge is 2.23. The lowest BCUT2D eigenvalue weighted by Crippen LogP contribution is -2.49. The van der Waals surface area contributed by atoms with Crippen LogP contribution in [0.4, 0.5) is 4.79 Å². The highest BCUT2D eigenvalue weighted by molar-refractivity contribution is 5.79. The van der Waals surface area contributed by atoms with Crippen molar-refractivity contribution in [1.82, 2.24) is 15.5 Å². The topological polar surface area (TPSA) is 70.7 Å². The van der Waals surface area contributed by atoms with Crippen LogP contribution in [0.1, 0.15) is 31.7 Å². The second-order valence-corrected chi connectivity index (χ2v) is 6.08. The molecule has 0 spiro atoms. The number of nitrogens with zero attached hydrogens (tertiary/aromatic N) is 1. The van der Waals surface area contributed by atoms with Crippen LogP contribution in [-0.4, -0.2) is 49.6 Å². The molecule has 1 saturated heterocycles. The van der Waals surface area contributed by atoms with Gasteiger partial charge >= 0.3 is 6.03 Å². The number of amides is 3. The molecular weight excluding hydrogens is 306 g/mol. The third-order valence-corrected chi connectivity index (χ3v) is 4.21. The number of carbonyl (C=O) groups excluding carboxylic acids is 2. The van der Waals surface area contributed by atoms with E-state index in [0.29, 0.717) is 26.1 Å². The summed E-state index contributed by atoms with van der Waals surface area (Å²) in [6, 6.07) is 7.62. The van der Waals surface area contributed by atoms with Crippen molar-refractivity contribution >= 4 is 11.9 Å². The van der Waals surface area contributed by atoms with E-state index < -0.39 is 0 Å². The van der Waals surface area contributed by atoms with E-state index in [1.165, 1.54) is 0 Å². The number of likely N-dealkylation sites (tertiary alicyclic amines) is 1. The van der Waals surface area contributed by atoms with Crippen molar-refractivity contribution in [2.45, 2.75) is 38.6 Å². The fourth-order valence-corrected chi connectivity index (χ4v) is 2.82. The third kappa shape index (κ3) is 5.44. The molecule has 0 saturated carbocycles. The molecule has 24 heavy (non-hydrogen) atoms. The van der Waals surface area contributed by atoms with Crippen molar-refractivity contribution in [1.29, 1.82) is 0 Å². The SMILES string of the molecule is CCCNC(=O)NC1CCN(C(=O)Cc2cccc(OC)c2)CC1. The molecule has 2 rings (SSSR count). The number of hydrogen-bond acceptors (Lipinski definition) is 3. The minimum Gasteiger partial charge on any atom is -0.497 e. The predicted octanol–water partition coefficient (Wildman–Crippen LogP) is 1.94. The van der Waals surface area contributed by atoms with Crippen LogP contribution in [0.5, 0.6) is 5.75 Å². The van der Waals surface area contributed by atoms with Crippen LogP contribution in [0.3, 0.4) is 0 Å². The zero-order valence-electron chi connectivity index (χ0n) is 14.5. The van der Waals surface area contributed by atoms with E-state index in [4.69, 9.17) is 4.74 Å². The van der Waals surface area contributed by atoms with Gasteiger partial charge in [0.1, 0.15) is 5.75 Å². The summed E-state index contributed by atoms with van der Waals surface area (Å²) in [6.45, 7) is 4.07. The number of ether oxygens (including phenoxy) is 1. The van der Waals surface area contributed by atoms with Gasteiger partial charge in [-0.2, -0.15) is 0 Å². The Labute approximate surface area is 143 Å². The summed E-state index contributed by atoms with van der Waals surface area (Å²) >= 11 is 0. The molecule has 1 aromatic rings. The van der Waals surface area contributed by atoms with Crippen molar-refractivity contribution in [2.24, 2.45) is 0 Å². The molecule has 6 nitrogen and oxygen atoms in total. The summed E-state index contributed by atoms with van der Waals surface area (Å²) in [6.07, 6.45) is 2.89. The molecule has 0 atom stereocenters. The van der Waals surface area contributed by atoms with Gasteiger partial charge in [-0.15, -0.1) is 0 Å². The van der Waals surface area contributed by atoms with Crippen LogP contribution in [0.15, 0.2) is 24.3 Å². The van der Waals surface area contributed by atoms with E-state index in [2.05, 4.69) is 10.6 Å². The van der Waals surface area contributed by atoms with Crippen LogP contribution < -0.4 is 15.4 Å².